The Bertz CT molecular complexity index is 1630. The number of ether oxygens (including phenoxy) is 1. The molecule has 0 spiro atoms. The molecule has 0 bridgehead atoms. The lowest BCUT2D eigenvalue weighted by molar-refractivity contribution is 0.00520. The summed E-state index contributed by atoms with van der Waals surface area (Å²) in [5.41, 5.74) is 11.2. The van der Waals surface area contributed by atoms with Gasteiger partial charge >= 0.3 is 0 Å². The maximum atomic E-state index is 6.44. The Kier molecular flexibility index (Phi) is 6.42. The van der Waals surface area contributed by atoms with Crippen LogP contribution in [0.15, 0.2) is 55.0 Å². The fraction of sp³-hybridized carbons (Fsp3) is 0.379. The van der Waals surface area contributed by atoms with Crippen LogP contribution in [0.4, 0.5) is 5.82 Å². The molecule has 4 heterocycles. The lowest BCUT2D eigenvalue weighted by Gasteiger charge is -2.38. The third kappa shape index (κ3) is 4.64. The summed E-state index contributed by atoms with van der Waals surface area (Å²) in [6, 6.07) is 15.1. The number of nitrogens with zero attached hydrogens (tertiary/aromatic N) is 7. The van der Waals surface area contributed by atoms with Gasteiger partial charge in [-0.15, -0.1) is 0 Å². The molecule has 0 atom stereocenters. The van der Waals surface area contributed by atoms with Crippen LogP contribution in [0.25, 0.3) is 33.2 Å². The molecule has 1 saturated heterocycles. The van der Waals surface area contributed by atoms with Crippen molar-refractivity contribution in [1.82, 2.24) is 34.4 Å². The van der Waals surface area contributed by atoms with Crippen molar-refractivity contribution in [3.8, 4) is 11.3 Å². The zero-order valence-electron chi connectivity index (χ0n) is 21.7. The van der Waals surface area contributed by atoms with Gasteiger partial charge in [0.05, 0.1) is 42.9 Å². The van der Waals surface area contributed by atoms with Crippen molar-refractivity contribution in [2.75, 3.05) is 32.0 Å². The fourth-order valence-electron chi connectivity index (χ4n) is 6.21. The molecule has 1 aliphatic heterocycles. The first-order valence-corrected chi connectivity index (χ1v) is 14.0. The van der Waals surface area contributed by atoms with E-state index in [1.165, 1.54) is 0 Å². The van der Waals surface area contributed by atoms with E-state index in [9.17, 15) is 0 Å². The molecule has 2 aliphatic rings. The zero-order valence-corrected chi connectivity index (χ0v) is 22.5. The van der Waals surface area contributed by atoms with Gasteiger partial charge in [0, 0.05) is 35.1 Å². The summed E-state index contributed by atoms with van der Waals surface area (Å²) in [5.74, 6) is 0.454. The summed E-state index contributed by atoms with van der Waals surface area (Å²) in [4.78, 5) is 11.6. The van der Waals surface area contributed by atoms with Crippen LogP contribution >= 0.6 is 11.6 Å². The molecule has 2 aromatic carbocycles. The molecule has 1 aliphatic carbocycles. The molecule has 5 aromatic rings. The van der Waals surface area contributed by atoms with Crippen LogP contribution in [0.3, 0.4) is 0 Å². The molecule has 0 unspecified atom stereocenters. The second-order valence-electron chi connectivity index (χ2n) is 10.6. The predicted molar refractivity (Wildman–Crippen MR) is 153 cm³/mol. The highest BCUT2D eigenvalue weighted by Gasteiger charge is 2.30. The fourth-order valence-corrected chi connectivity index (χ4v) is 6.43. The third-order valence-corrected chi connectivity index (χ3v) is 8.47. The van der Waals surface area contributed by atoms with E-state index in [4.69, 9.17) is 27.2 Å². The second-order valence-corrected chi connectivity index (χ2v) is 11.0. The molecule has 3 aromatic heterocycles. The molecule has 7 rings (SSSR count). The van der Waals surface area contributed by atoms with E-state index < -0.39 is 0 Å². The van der Waals surface area contributed by atoms with Crippen molar-refractivity contribution in [3.63, 3.8) is 0 Å². The molecule has 10 heteroatoms. The Morgan fingerprint density at radius 3 is 2.62 bits per heavy atom. The summed E-state index contributed by atoms with van der Waals surface area (Å²) in [7, 11) is 0. The molecule has 1 saturated carbocycles. The summed E-state index contributed by atoms with van der Waals surface area (Å²) < 4.78 is 9.66. The van der Waals surface area contributed by atoms with E-state index in [0.29, 0.717) is 18.4 Å². The third-order valence-electron chi connectivity index (χ3n) is 8.23. The van der Waals surface area contributed by atoms with Gasteiger partial charge in [0.15, 0.2) is 5.65 Å². The molecular formula is C29H31ClN8O. The number of fused-ring (bicyclic) bond motifs is 2. The Hall–Kier alpha value is -3.53. The SMILES string of the molecule is Nc1ncnc2c1c(-c1ccc3cnn(Cc4cccc(Cl)c4)c3c1)nn2C1CCC(N2CCOCC2)CC1. The van der Waals surface area contributed by atoms with E-state index in [0.717, 1.165) is 95.8 Å². The average molecular weight is 543 g/mol. The molecule has 9 nitrogen and oxygen atoms in total. The Balaban J connectivity index is 1.22. The number of halogens is 1. The number of aromatic nitrogens is 6. The first-order valence-electron chi connectivity index (χ1n) is 13.6. The van der Waals surface area contributed by atoms with Gasteiger partial charge in [-0.25, -0.2) is 14.6 Å². The van der Waals surface area contributed by atoms with Crippen LogP contribution in [0, 0.1) is 0 Å². The molecular weight excluding hydrogens is 512 g/mol. The van der Waals surface area contributed by atoms with Gasteiger partial charge in [-0.2, -0.15) is 10.2 Å². The van der Waals surface area contributed by atoms with E-state index in [2.05, 4.69) is 48.9 Å². The predicted octanol–water partition coefficient (Wildman–Crippen LogP) is 4.94. The van der Waals surface area contributed by atoms with Gasteiger partial charge in [0.1, 0.15) is 17.8 Å². The van der Waals surface area contributed by atoms with Crippen molar-refractivity contribution in [1.29, 1.82) is 0 Å². The summed E-state index contributed by atoms with van der Waals surface area (Å²) in [6.45, 7) is 4.37. The maximum Gasteiger partial charge on any atom is 0.164 e. The number of nitrogens with two attached hydrogens (primary N) is 1. The quantitative estimate of drug-likeness (QED) is 0.335. The highest BCUT2D eigenvalue weighted by Crippen LogP contribution is 2.37. The largest absolute Gasteiger partial charge is 0.383 e. The zero-order chi connectivity index (χ0) is 26.3. The number of anilines is 1. The summed E-state index contributed by atoms with van der Waals surface area (Å²) >= 11 is 6.22. The molecule has 39 heavy (non-hydrogen) atoms. The van der Waals surface area contributed by atoms with Crippen LogP contribution in [0.2, 0.25) is 5.02 Å². The second kappa shape index (κ2) is 10.2. The van der Waals surface area contributed by atoms with Crippen LogP contribution < -0.4 is 5.73 Å². The van der Waals surface area contributed by atoms with Crippen LogP contribution in [-0.2, 0) is 11.3 Å². The van der Waals surface area contributed by atoms with Crippen molar-refractivity contribution in [2.24, 2.45) is 0 Å². The van der Waals surface area contributed by atoms with Crippen LogP contribution in [0.1, 0.15) is 37.3 Å². The lowest BCUT2D eigenvalue weighted by atomic mass is 9.90. The van der Waals surface area contributed by atoms with Gasteiger partial charge < -0.3 is 10.5 Å². The number of hydrogen-bond acceptors (Lipinski definition) is 7. The molecule has 200 valence electrons. The first kappa shape index (κ1) is 24.5. The molecule has 0 radical (unpaired) electrons. The average Bonchev–Trinajstić information content (AvgIpc) is 3.56. The highest BCUT2D eigenvalue weighted by molar-refractivity contribution is 6.30. The van der Waals surface area contributed by atoms with Crippen molar-refractivity contribution < 1.29 is 4.74 Å². The minimum Gasteiger partial charge on any atom is -0.383 e. The normalized spacial score (nSPS) is 20.6. The molecule has 2 N–H and O–H groups in total. The van der Waals surface area contributed by atoms with Crippen LogP contribution in [0.5, 0.6) is 0 Å². The maximum absolute atomic E-state index is 6.44. The van der Waals surface area contributed by atoms with E-state index in [-0.39, 0.29) is 6.04 Å². The van der Waals surface area contributed by atoms with Gasteiger partial charge in [0.2, 0.25) is 0 Å². The van der Waals surface area contributed by atoms with E-state index in [1.54, 1.807) is 6.33 Å². The number of benzene rings is 2. The summed E-state index contributed by atoms with van der Waals surface area (Å²) in [6.07, 6.45) is 7.86. The van der Waals surface area contributed by atoms with Crippen molar-refractivity contribution in [2.45, 2.75) is 44.3 Å². The number of rotatable bonds is 5. The Labute approximate surface area is 231 Å². The van der Waals surface area contributed by atoms with Crippen LogP contribution in [-0.4, -0.2) is 66.8 Å². The monoisotopic (exact) mass is 542 g/mol. The smallest absolute Gasteiger partial charge is 0.164 e. The molecule has 2 fully saturated rings. The minimum atomic E-state index is 0.282. The molecule has 0 amide bonds. The first-order chi connectivity index (χ1) is 19.1. The van der Waals surface area contributed by atoms with Gasteiger partial charge in [-0.1, -0.05) is 35.9 Å². The van der Waals surface area contributed by atoms with E-state index in [1.807, 2.05) is 29.1 Å². The summed E-state index contributed by atoms with van der Waals surface area (Å²) in [5, 5.41) is 12.4. The van der Waals surface area contributed by atoms with Gasteiger partial charge in [-0.05, 0) is 49.4 Å². The van der Waals surface area contributed by atoms with Gasteiger partial charge in [-0.3, -0.25) is 9.58 Å². The van der Waals surface area contributed by atoms with Crippen molar-refractivity contribution in [3.05, 3.63) is 65.6 Å². The number of morpholine rings is 1. The van der Waals surface area contributed by atoms with Gasteiger partial charge in [0.25, 0.3) is 0 Å². The number of nitrogen functional groups attached to an aromatic ring is 1. The lowest BCUT2D eigenvalue weighted by Crippen LogP contribution is -2.45. The standard InChI is InChI=1S/C29H31ClN8O/c30-22-3-1-2-19(14-22)17-37-25-15-20(4-5-21(25)16-34-37)27-26-28(31)32-18-33-29(26)38(35-27)24-8-6-23(7-9-24)36-10-12-39-13-11-36/h1-5,14-16,18,23-24H,6-13,17H2,(H2,31,32,33). The highest BCUT2D eigenvalue weighted by atomic mass is 35.5. The van der Waals surface area contributed by atoms with Crippen molar-refractivity contribution >= 4 is 39.4 Å². The minimum absolute atomic E-state index is 0.282. The Morgan fingerprint density at radius 2 is 1.79 bits per heavy atom. The Morgan fingerprint density at radius 1 is 0.974 bits per heavy atom. The topological polar surface area (TPSA) is 99.9 Å². The number of hydrogen-bond donors (Lipinski definition) is 1. The van der Waals surface area contributed by atoms with E-state index >= 15 is 0 Å².